The molecule has 0 bridgehead atoms. The van der Waals surface area contributed by atoms with Crippen molar-refractivity contribution in [2.24, 2.45) is 5.10 Å². The highest BCUT2D eigenvalue weighted by Crippen LogP contribution is 2.29. The van der Waals surface area contributed by atoms with Crippen molar-refractivity contribution in [1.82, 2.24) is 5.43 Å². The molecule has 0 saturated heterocycles. The van der Waals surface area contributed by atoms with Crippen LogP contribution in [-0.2, 0) is 6.61 Å². The van der Waals surface area contributed by atoms with Gasteiger partial charge in [-0.3, -0.25) is 14.9 Å². The number of aryl methyl sites for hydroxylation is 1. The summed E-state index contributed by atoms with van der Waals surface area (Å²) in [5, 5.41) is 15.0. The quantitative estimate of drug-likeness (QED) is 0.301. The van der Waals surface area contributed by atoms with E-state index < -0.39 is 10.8 Å². The van der Waals surface area contributed by atoms with Gasteiger partial charge in [-0.25, -0.2) is 5.43 Å². The summed E-state index contributed by atoms with van der Waals surface area (Å²) < 4.78 is 11.5. The minimum Gasteiger partial charge on any atom is -0.490 e. The highest BCUT2D eigenvalue weighted by molar-refractivity contribution is 5.95. The van der Waals surface area contributed by atoms with Crippen LogP contribution in [0.1, 0.15) is 34.0 Å². The highest BCUT2D eigenvalue weighted by atomic mass is 16.6. The van der Waals surface area contributed by atoms with Crippen LogP contribution in [0.5, 0.6) is 11.5 Å². The number of nitro benzene ring substituents is 1. The van der Waals surface area contributed by atoms with Crippen LogP contribution in [0.15, 0.2) is 71.8 Å². The predicted octanol–water partition coefficient (Wildman–Crippen LogP) is 4.64. The number of carbonyl (C=O) groups is 1. The van der Waals surface area contributed by atoms with Crippen LogP contribution in [0.4, 0.5) is 5.69 Å². The Morgan fingerprint density at radius 3 is 2.56 bits per heavy atom. The van der Waals surface area contributed by atoms with Gasteiger partial charge in [0, 0.05) is 17.2 Å². The molecule has 0 aliphatic rings. The molecule has 0 spiro atoms. The second-order valence-electron chi connectivity index (χ2n) is 6.87. The van der Waals surface area contributed by atoms with E-state index in [1.165, 1.54) is 24.4 Å². The Morgan fingerprint density at radius 2 is 1.84 bits per heavy atom. The second kappa shape index (κ2) is 10.7. The second-order valence-corrected chi connectivity index (χ2v) is 6.87. The summed E-state index contributed by atoms with van der Waals surface area (Å²) in [6, 6.07) is 19.4. The number of carbonyl (C=O) groups excluding carboxylic acids is 1. The first-order valence-corrected chi connectivity index (χ1v) is 10.00. The summed E-state index contributed by atoms with van der Waals surface area (Å²) in [7, 11) is 0. The van der Waals surface area contributed by atoms with Crippen LogP contribution in [0, 0.1) is 17.0 Å². The molecule has 0 fully saturated rings. The fraction of sp³-hybridized carbons (Fsp3) is 0.167. The van der Waals surface area contributed by atoms with Crippen molar-refractivity contribution in [2.75, 3.05) is 6.61 Å². The van der Waals surface area contributed by atoms with Crippen molar-refractivity contribution in [1.29, 1.82) is 0 Å². The zero-order chi connectivity index (χ0) is 22.9. The Hall–Kier alpha value is -4.20. The van der Waals surface area contributed by atoms with E-state index in [0.717, 1.165) is 5.56 Å². The summed E-state index contributed by atoms with van der Waals surface area (Å²) in [5.41, 5.74) is 4.63. The Kier molecular flexibility index (Phi) is 7.53. The number of nitrogens with one attached hydrogen (secondary N) is 1. The lowest BCUT2D eigenvalue weighted by Gasteiger charge is -2.12. The molecule has 0 unspecified atom stereocenters. The molecule has 3 rings (SSSR count). The molecule has 3 aromatic rings. The molecule has 0 aromatic heterocycles. The van der Waals surface area contributed by atoms with E-state index in [1.807, 2.05) is 37.3 Å². The van der Waals surface area contributed by atoms with Gasteiger partial charge in [-0.05, 0) is 49.2 Å². The van der Waals surface area contributed by atoms with Gasteiger partial charge in [-0.15, -0.1) is 0 Å². The molecule has 3 aromatic carbocycles. The van der Waals surface area contributed by atoms with Crippen molar-refractivity contribution in [3.05, 3.63) is 99.1 Å². The van der Waals surface area contributed by atoms with Gasteiger partial charge in [0.2, 0.25) is 0 Å². The molecule has 0 aliphatic heterocycles. The van der Waals surface area contributed by atoms with E-state index in [9.17, 15) is 14.9 Å². The summed E-state index contributed by atoms with van der Waals surface area (Å²) in [6.45, 7) is 4.36. The molecule has 8 heteroatoms. The van der Waals surface area contributed by atoms with Crippen LogP contribution in [-0.4, -0.2) is 23.7 Å². The summed E-state index contributed by atoms with van der Waals surface area (Å²) in [6.07, 6.45) is 1.46. The number of hydrogen-bond donors (Lipinski definition) is 1. The third-order valence-electron chi connectivity index (χ3n) is 4.55. The minimum atomic E-state index is -0.544. The zero-order valence-corrected chi connectivity index (χ0v) is 17.8. The Bertz CT molecular complexity index is 1130. The SMILES string of the molecule is CCOc1cc(/C=N/NC(=O)c2ccc(C)c([N+](=O)[O-])c2)ccc1OCc1ccccc1. The third-order valence-corrected chi connectivity index (χ3v) is 4.55. The molecule has 0 saturated carbocycles. The first kappa shape index (κ1) is 22.5. The van der Waals surface area contributed by atoms with Gasteiger partial charge in [0.05, 0.1) is 17.7 Å². The number of ether oxygens (including phenoxy) is 2. The molecule has 164 valence electrons. The highest BCUT2D eigenvalue weighted by Gasteiger charge is 2.14. The lowest BCUT2D eigenvalue weighted by atomic mass is 10.1. The largest absolute Gasteiger partial charge is 0.490 e. The predicted molar refractivity (Wildman–Crippen MR) is 121 cm³/mol. The zero-order valence-electron chi connectivity index (χ0n) is 17.8. The molecule has 1 amide bonds. The van der Waals surface area contributed by atoms with Crippen LogP contribution < -0.4 is 14.9 Å². The fourth-order valence-corrected chi connectivity index (χ4v) is 2.91. The van der Waals surface area contributed by atoms with Gasteiger partial charge in [-0.2, -0.15) is 5.10 Å². The lowest BCUT2D eigenvalue weighted by molar-refractivity contribution is -0.385. The smallest absolute Gasteiger partial charge is 0.273 e. The molecular formula is C24H23N3O5. The minimum absolute atomic E-state index is 0.117. The maximum absolute atomic E-state index is 12.3. The molecule has 8 nitrogen and oxygen atoms in total. The van der Waals surface area contributed by atoms with Gasteiger partial charge in [-0.1, -0.05) is 36.4 Å². The standard InChI is InChI=1S/C24H23N3O5/c1-3-31-23-13-19(10-12-22(23)32-16-18-7-5-4-6-8-18)15-25-26-24(28)20-11-9-17(2)21(14-20)27(29)30/h4-15H,3,16H2,1-2H3,(H,26,28)/b25-15+. The van der Waals surface area contributed by atoms with Crippen LogP contribution in [0.3, 0.4) is 0 Å². The van der Waals surface area contributed by atoms with Crippen molar-refractivity contribution in [2.45, 2.75) is 20.5 Å². The van der Waals surface area contributed by atoms with Crippen LogP contribution in [0.25, 0.3) is 0 Å². The van der Waals surface area contributed by atoms with Crippen molar-refractivity contribution < 1.29 is 19.2 Å². The number of nitro groups is 1. The maximum Gasteiger partial charge on any atom is 0.273 e. The summed E-state index contributed by atoms with van der Waals surface area (Å²) >= 11 is 0. The number of nitrogens with zero attached hydrogens (tertiary/aromatic N) is 2. The average Bonchev–Trinajstić information content (AvgIpc) is 2.79. The van der Waals surface area contributed by atoms with Crippen molar-refractivity contribution in [3.63, 3.8) is 0 Å². The van der Waals surface area contributed by atoms with Gasteiger partial charge in [0.1, 0.15) is 6.61 Å². The molecular weight excluding hydrogens is 410 g/mol. The summed E-state index contributed by atoms with van der Waals surface area (Å²) in [4.78, 5) is 22.8. The molecule has 0 radical (unpaired) electrons. The van der Waals surface area contributed by atoms with E-state index in [4.69, 9.17) is 9.47 Å². The topological polar surface area (TPSA) is 103 Å². The normalized spacial score (nSPS) is 10.7. The summed E-state index contributed by atoms with van der Waals surface area (Å²) in [5.74, 6) is 0.619. The van der Waals surface area contributed by atoms with E-state index >= 15 is 0 Å². The molecule has 0 atom stereocenters. The molecule has 0 heterocycles. The van der Waals surface area contributed by atoms with Crippen LogP contribution >= 0.6 is 0 Å². The Balaban J connectivity index is 1.67. The third kappa shape index (κ3) is 5.91. The Labute approximate surface area is 185 Å². The lowest BCUT2D eigenvalue weighted by Crippen LogP contribution is -2.17. The van der Waals surface area contributed by atoms with E-state index in [0.29, 0.717) is 35.8 Å². The number of rotatable bonds is 9. The number of amides is 1. The van der Waals surface area contributed by atoms with Gasteiger partial charge >= 0.3 is 0 Å². The molecule has 1 N–H and O–H groups in total. The Morgan fingerprint density at radius 1 is 1.06 bits per heavy atom. The maximum atomic E-state index is 12.3. The number of hydrazone groups is 1. The fourth-order valence-electron chi connectivity index (χ4n) is 2.91. The average molecular weight is 433 g/mol. The molecule has 0 aliphatic carbocycles. The van der Waals surface area contributed by atoms with Crippen LogP contribution in [0.2, 0.25) is 0 Å². The van der Waals surface area contributed by atoms with Gasteiger partial charge in [0.25, 0.3) is 11.6 Å². The number of hydrogen-bond acceptors (Lipinski definition) is 6. The van der Waals surface area contributed by atoms with Gasteiger partial charge < -0.3 is 9.47 Å². The van der Waals surface area contributed by atoms with E-state index in [-0.39, 0.29) is 11.3 Å². The van der Waals surface area contributed by atoms with Crippen molar-refractivity contribution >= 4 is 17.8 Å². The number of benzene rings is 3. The van der Waals surface area contributed by atoms with Crippen molar-refractivity contribution in [3.8, 4) is 11.5 Å². The van der Waals surface area contributed by atoms with Gasteiger partial charge in [0.15, 0.2) is 11.5 Å². The monoisotopic (exact) mass is 433 g/mol. The first-order chi connectivity index (χ1) is 15.5. The van der Waals surface area contributed by atoms with E-state index in [1.54, 1.807) is 25.1 Å². The first-order valence-electron chi connectivity index (χ1n) is 10.00. The van der Waals surface area contributed by atoms with E-state index in [2.05, 4.69) is 10.5 Å². The molecule has 32 heavy (non-hydrogen) atoms.